The minimum atomic E-state index is -0.601. The van der Waals surface area contributed by atoms with Gasteiger partial charge in [0.2, 0.25) is 0 Å². The molecule has 2 N–H and O–H groups in total. The topological polar surface area (TPSA) is 67.4 Å². The van der Waals surface area contributed by atoms with Gasteiger partial charge in [0.25, 0.3) is 5.91 Å². The molecule has 0 radical (unpaired) electrons. The van der Waals surface area contributed by atoms with Gasteiger partial charge in [0.15, 0.2) is 0 Å². The molecule has 0 aromatic heterocycles. The standard InChI is InChI=1S/C12H14N2O3/c1-7(2)17-9-5-3-8(4-6-9)10-11(15)14-12(16)13-10/h3-7,10H,1-2H3,(H2,13,14,15,16). The van der Waals surface area contributed by atoms with Crippen LogP contribution in [-0.2, 0) is 4.79 Å². The maximum absolute atomic E-state index is 11.4. The molecule has 0 bridgehead atoms. The third-order valence-corrected chi connectivity index (χ3v) is 2.36. The van der Waals surface area contributed by atoms with Crippen LogP contribution in [0.4, 0.5) is 4.79 Å². The largest absolute Gasteiger partial charge is 0.491 e. The normalized spacial score (nSPS) is 19.1. The summed E-state index contributed by atoms with van der Waals surface area (Å²) in [6.45, 7) is 3.89. The van der Waals surface area contributed by atoms with E-state index in [2.05, 4.69) is 10.6 Å². The highest BCUT2D eigenvalue weighted by Gasteiger charge is 2.30. The van der Waals surface area contributed by atoms with Gasteiger partial charge >= 0.3 is 6.03 Å². The van der Waals surface area contributed by atoms with Crippen LogP contribution < -0.4 is 15.4 Å². The second-order valence-electron chi connectivity index (χ2n) is 4.13. The molecular formula is C12H14N2O3. The Morgan fingerprint density at radius 2 is 1.82 bits per heavy atom. The van der Waals surface area contributed by atoms with E-state index in [9.17, 15) is 9.59 Å². The highest BCUT2D eigenvalue weighted by Crippen LogP contribution is 2.20. The Morgan fingerprint density at radius 3 is 2.29 bits per heavy atom. The van der Waals surface area contributed by atoms with Crippen LogP contribution in [0.3, 0.4) is 0 Å². The second-order valence-corrected chi connectivity index (χ2v) is 4.13. The molecule has 5 nitrogen and oxygen atoms in total. The molecule has 1 aromatic carbocycles. The van der Waals surface area contributed by atoms with Gasteiger partial charge in [0, 0.05) is 0 Å². The van der Waals surface area contributed by atoms with Gasteiger partial charge in [-0.3, -0.25) is 10.1 Å². The van der Waals surface area contributed by atoms with Crippen molar-refractivity contribution in [3.8, 4) is 5.75 Å². The molecule has 0 aliphatic carbocycles. The zero-order valence-corrected chi connectivity index (χ0v) is 9.69. The fourth-order valence-corrected chi connectivity index (χ4v) is 1.66. The zero-order chi connectivity index (χ0) is 12.4. The van der Waals surface area contributed by atoms with Crippen molar-refractivity contribution < 1.29 is 14.3 Å². The van der Waals surface area contributed by atoms with Crippen molar-refractivity contribution in [2.75, 3.05) is 0 Å². The molecule has 1 atom stereocenters. The Kier molecular flexibility index (Phi) is 2.99. The minimum Gasteiger partial charge on any atom is -0.491 e. The summed E-state index contributed by atoms with van der Waals surface area (Å²) >= 11 is 0. The molecule has 1 aliphatic rings. The Labute approximate surface area is 99.2 Å². The molecule has 1 fully saturated rings. The lowest BCUT2D eigenvalue weighted by Gasteiger charge is -2.11. The number of nitrogens with one attached hydrogen (secondary N) is 2. The summed E-state index contributed by atoms with van der Waals surface area (Å²) < 4.78 is 5.49. The molecule has 5 heteroatoms. The molecular weight excluding hydrogens is 220 g/mol. The fourth-order valence-electron chi connectivity index (χ4n) is 1.66. The number of ether oxygens (including phenoxy) is 1. The van der Waals surface area contributed by atoms with E-state index in [1.807, 2.05) is 13.8 Å². The third kappa shape index (κ3) is 2.55. The predicted octanol–water partition coefficient (Wildman–Crippen LogP) is 1.35. The molecule has 90 valence electrons. The van der Waals surface area contributed by atoms with Gasteiger partial charge in [-0.15, -0.1) is 0 Å². The number of hydrogen-bond acceptors (Lipinski definition) is 3. The van der Waals surface area contributed by atoms with Crippen LogP contribution in [0.15, 0.2) is 24.3 Å². The van der Waals surface area contributed by atoms with Gasteiger partial charge in [-0.2, -0.15) is 0 Å². The van der Waals surface area contributed by atoms with Crippen LogP contribution in [0, 0.1) is 0 Å². The third-order valence-electron chi connectivity index (χ3n) is 2.36. The number of imide groups is 1. The van der Waals surface area contributed by atoms with E-state index in [1.54, 1.807) is 24.3 Å². The fraction of sp³-hybridized carbons (Fsp3) is 0.333. The Morgan fingerprint density at radius 1 is 1.18 bits per heavy atom. The Bertz CT molecular complexity index is 440. The van der Waals surface area contributed by atoms with Gasteiger partial charge in [-0.1, -0.05) is 12.1 Å². The van der Waals surface area contributed by atoms with Crippen LogP contribution in [-0.4, -0.2) is 18.0 Å². The van der Waals surface area contributed by atoms with Gasteiger partial charge in [-0.25, -0.2) is 4.79 Å². The number of urea groups is 1. The van der Waals surface area contributed by atoms with Gasteiger partial charge in [0.05, 0.1) is 6.10 Å². The first-order valence-corrected chi connectivity index (χ1v) is 5.44. The van der Waals surface area contributed by atoms with Crippen molar-refractivity contribution in [2.45, 2.75) is 26.0 Å². The number of hydrogen-bond donors (Lipinski definition) is 2. The average molecular weight is 234 g/mol. The number of amides is 3. The number of rotatable bonds is 3. The Balaban J connectivity index is 2.13. The number of carbonyl (C=O) groups excluding carboxylic acids is 2. The van der Waals surface area contributed by atoms with E-state index in [-0.39, 0.29) is 12.0 Å². The maximum atomic E-state index is 11.4. The van der Waals surface area contributed by atoms with Crippen LogP contribution >= 0.6 is 0 Å². The number of benzene rings is 1. The van der Waals surface area contributed by atoms with E-state index in [1.165, 1.54) is 0 Å². The molecule has 0 saturated carbocycles. The van der Waals surface area contributed by atoms with E-state index in [4.69, 9.17) is 4.74 Å². The van der Waals surface area contributed by atoms with Gasteiger partial charge in [-0.05, 0) is 31.5 Å². The lowest BCUT2D eigenvalue weighted by molar-refractivity contribution is -0.120. The summed E-state index contributed by atoms with van der Waals surface area (Å²) in [6, 6.07) is 6.06. The van der Waals surface area contributed by atoms with Crippen molar-refractivity contribution in [3.63, 3.8) is 0 Å². The predicted molar refractivity (Wildman–Crippen MR) is 61.6 cm³/mol. The van der Waals surface area contributed by atoms with Crippen molar-refractivity contribution in [2.24, 2.45) is 0 Å². The molecule has 1 saturated heterocycles. The first kappa shape index (κ1) is 11.4. The summed E-state index contributed by atoms with van der Waals surface area (Å²) in [6.07, 6.45) is 0.107. The van der Waals surface area contributed by atoms with E-state index < -0.39 is 12.1 Å². The molecule has 1 heterocycles. The maximum Gasteiger partial charge on any atom is 0.322 e. The van der Waals surface area contributed by atoms with E-state index in [0.29, 0.717) is 0 Å². The van der Waals surface area contributed by atoms with Crippen molar-refractivity contribution in [1.29, 1.82) is 0 Å². The lowest BCUT2D eigenvalue weighted by atomic mass is 10.1. The molecule has 17 heavy (non-hydrogen) atoms. The van der Waals surface area contributed by atoms with E-state index >= 15 is 0 Å². The molecule has 1 aromatic rings. The Hall–Kier alpha value is -2.04. The van der Waals surface area contributed by atoms with E-state index in [0.717, 1.165) is 11.3 Å². The van der Waals surface area contributed by atoms with Crippen LogP contribution in [0.25, 0.3) is 0 Å². The quantitative estimate of drug-likeness (QED) is 0.776. The summed E-state index contributed by atoms with van der Waals surface area (Å²) in [4.78, 5) is 22.4. The smallest absolute Gasteiger partial charge is 0.322 e. The zero-order valence-electron chi connectivity index (χ0n) is 9.69. The molecule has 3 amide bonds. The van der Waals surface area contributed by atoms with Crippen LogP contribution in [0.1, 0.15) is 25.5 Å². The van der Waals surface area contributed by atoms with Gasteiger partial charge in [0.1, 0.15) is 11.8 Å². The second kappa shape index (κ2) is 4.45. The molecule has 0 spiro atoms. The van der Waals surface area contributed by atoms with Crippen LogP contribution in [0.2, 0.25) is 0 Å². The van der Waals surface area contributed by atoms with Crippen molar-refractivity contribution in [3.05, 3.63) is 29.8 Å². The SMILES string of the molecule is CC(C)Oc1ccc(C2NC(=O)NC2=O)cc1. The average Bonchev–Trinajstić information content (AvgIpc) is 2.58. The van der Waals surface area contributed by atoms with Crippen LogP contribution in [0.5, 0.6) is 5.75 Å². The van der Waals surface area contributed by atoms with Crippen molar-refractivity contribution in [1.82, 2.24) is 10.6 Å². The molecule has 1 aliphatic heterocycles. The van der Waals surface area contributed by atoms with Crippen molar-refractivity contribution >= 4 is 11.9 Å². The van der Waals surface area contributed by atoms with Gasteiger partial charge < -0.3 is 10.1 Å². The first-order chi connectivity index (χ1) is 8.06. The number of carbonyl (C=O) groups is 2. The summed E-state index contributed by atoms with van der Waals surface area (Å²) in [7, 11) is 0. The summed E-state index contributed by atoms with van der Waals surface area (Å²) in [5.41, 5.74) is 0.740. The summed E-state index contributed by atoms with van der Waals surface area (Å²) in [5, 5.41) is 4.73. The molecule has 1 unspecified atom stereocenters. The molecule has 2 rings (SSSR count). The highest BCUT2D eigenvalue weighted by atomic mass is 16.5. The first-order valence-electron chi connectivity index (χ1n) is 5.44. The monoisotopic (exact) mass is 234 g/mol. The highest BCUT2D eigenvalue weighted by molar-refractivity contribution is 6.04. The lowest BCUT2D eigenvalue weighted by Crippen LogP contribution is -2.22. The summed E-state index contributed by atoms with van der Waals surface area (Å²) in [5.74, 6) is 0.418. The minimum absolute atomic E-state index is 0.107.